The highest BCUT2D eigenvalue weighted by molar-refractivity contribution is 5.86. The number of methoxy groups -OCH3 is 1. The number of benzene rings is 3. The van der Waals surface area contributed by atoms with Gasteiger partial charge in [-0.25, -0.2) is 4.98 Å². The van der Waals surface area contributed by atoms with Gasteiger partial charge < -0.3 is 14.5 Å². The molecule has 142 valence electrons. The zero-order chi connectivity index (χ0) is 19.5. The summed E-state index contributed by atoms with van der Waals surface area (Å²) in [5.74, 6) is 1.43. The second-order valence-corrected chi connectivity index (χ2v) is 6.96. The van der Waals surface area contributed by atoms with Gasteiger partial charge in [0.05, 0.1) is 7.11 Å². The summed E-state index contributed by atoms with van der Waals surface area (Å²) in [4.78, 5) is 4.44. The van der Waals surface area contributed by atoms with Crippen LogP contribution in [0.25, 0.3) is 22.0 Å². The van der Waals surface area contributed by atoms with Crippen molar-refractivity contribution in [2.24, 2.45) is 0 Å². The van der Waals surface area contributed by atoms with Crippen LogP contribution in [0, 0.1) is 6.92 Å². The van der Waals surface area contributed by atoms with Gasteiger partial charge in [0.25, 0.3) is 0 Å². The Balaban J connectivity index is 1.56. The average molecular weight is 372 g/mol. The van der Waals surface area contributed by atoms with Crippen LogP contribution in [-0.2, 0) is 6.54 Å². The highest BCUT2D eigenvalue weighted by atomic mass is 16.5. The highest BCUT2D eigenvalue weighted by Crippen LogP contribution is 2.31. The van der Waals surface area contributed by atoms with Crippen molar-refractivity contribution in [2.75, 3.05) is 7.11 Å². The molecule has 0 amide bonds. The van der Waals surface area contributed by atoms with Crippen LogP contribution in [0.5, 0.6) is 5.75 Å². The van der Waals surface area contributed by atoms with Gasteiger partial charge in [0.2, 0.25) is 0 Å². The van der Waals surface area contributed by atoms with E-state index in [9.17, 15) is 0 Å². The van der Waals surface area contributed by atoms with Gasteiger partial charge in [-0.15, -0.1) is 0 Å². The number of aryl methyl sites for hydroxylation is 1. The Labute approximate surface area is 165 Å². The van der Waals surface area contributed by atoms with Crippen molar-refractivity contribution in [1.82, 2.24) is 10.3 Å². The van der Waals surface area contributed by atoms with E-state index in [-0.39, 0.29) is 6.04 Å². The number of hydrogen-bond acceptors (Lipinski definition) is 4. The highest BCUT2D eigenvalue weighted by Gasteiger charge is 2.13. The van der Waals surface area contributed by atoms with Crippen molar-refractivity contribution in [3.63, 3.8) is 0 Å². The molecule has 0 saturated carbocycles. The van der Waals surface area contributed by atoms with Crippen molar-refractivity contribution >= 4 is 10.8 Å². The molecule has 0 saturated heterocycles. The fraction of sp³-hybridized carbons (Fsp3) is 0.208. The van der Waals surface area contributed by atoms with E-state index >= 15 is 0 Å². The molecule has 0 spiro atoms. The zero-order valence-corrected chi connectivity index (χ0v) is 16.4. The molecule has 1 heterocycles. The summed E-state index contributed by atoms with van der Waals surface area (Å²) in [6.45, 7) is 4.79. The van der Waals surface area contributed by atoms with Crippen molar-refractivity contribution in [3.05, 3.63) is 83.9 Å². The molecule has 1 aromatic heterocycles. The first kappa shape index (κ1) is 18.3. The molecule has 1 atom stereocenters. The van der Waals surface area contributed by atoms with E-state index in [0.29, 0.717) is 5.89 Å². The lowest BCUT2D eigenvalue weighted by atomic mass is 9.99. The Hall–Kier alpha value is -3.11. The fourth-order valence-corrected chi connectivity index (χ4v) is 3.56. The monoisotopic (exact) mass is 372 g/mol. The van der Waals surface area contributed by atoms with Gasteiger partial charge in [0, 0.05) is 25.1 Å². The fourth-order valence-electron chi connectivity index (χ4n) is 3.56. The van der Waals surface area contributed by atoms with Crippen LogP contribution in [0.15, 0.2) is 71.3 Å². The molecular formula is C24H24N2O2. The number of aromatic nitrogens is 1. The molecule has 1 unspecified atom stereocenters. The predicted octanol–water partition coefficient (Wildman–Crippen LogP) is 5.66. The average Bonchev–Trinajstić information content (AvgIpc) is 3.17. The van der Waals surface area contributed by atoms with E-state index < -0.39 is 0 Å². The minimum atomic E-state index is 0.228. The van der Waals surface area contributed by atoms with Crippen LogP contribution in [0.2, 0.25) is 0 Å². The Kier molecular flexibility index (Phi) is 5.13. The standard InChI is InChI=1S/C24H24N2O2/c1-16(20-10-6-8-19-7-4-5-9-21(19)20)25-14-18-11-12-24(27-3)22(13-18)23-15-28-17(2)26-23/h4-13,15-16,25H,14H2,1-3H3. The van der Waals surface area contributed by atoms with E-state index in [1.807, 2.05) is 13.0 Å². The second kappa shape index (κ2) is 7.87. The van der Waals surface area contributed by atoms with Crippen LogP contribution in [0.4, 0.5) is 0 Å². The lowest BCUT2D eigenvalue weighted by molar-refractivity contribution is 0.416. The van der Waals surface area contributed by atoms with Gasteiger partial charge in [0.15, 0.2) is 5.89 Å². The van der Waals surface area contributed by atoms with Gasteiger partial charge >= 0.3 is 0 Å². The van der Waals surface area contributed by atoms with Gasteiger partial charge in [-0.2, -0.15) is 0 Å². The lowest BCUT2D eigenvalue weighted by Gasteiger charge is -2.17. The Bertz CT molecular complexity index is 1100. The topological polar surface area (TPSA) is 47.3 Å². The molecule has 4 heteroatoms. The van der Waals surface area contributed by atoms with Gasteiger partial charge in [-0.3, -0.25) is 0 Å². The van der Waals surface area contributed by atoms with E-state index in [2.05, 4.69) is 71.8 Å². The Morgan fingerprint density at radius 1 is 1.07 bits per heavy atom. The first-order chi connectivity index (χ1) is 13.7. The second-order valence-electron chi connectivity index (χ2n) is 6.96. The summed E-state index contributed by atoms with van der Waals surface area (Å²) in [5.41, 5.74) is 4.21. The molecular weight excluding hydrogens is 348 g/mol. The predicted molar refractivity (Wildman–Crippen MR) is 112 cm³/mol. The van der Waals surface area contributed by atoms with Crippen LogP contribution < -0.4 is 10.1 Å². The van der Waals surface area contributed by atoms with Crippen molar-refractivity contribution < 1.29 is 9.15 Å². The molecule has 0 aliphatic heterocycles. The number of ether oxygens (including phenoxy) is 1. The Morgan fingerprint density at radius 3 is 2.68 bits per heavy atom. The molecule has 0 radical (unpaired) electrons. The molecule has 4 aromatic rings. The number of oxazole rings is 1. The normalized spacial score (nSPS) is 12.2. The third-order valence-electron chi connectivity index (χ3n) is 5.06. The van der Waals surface area contributed by atoms with E-state index in [1.54, 1.807) is 13.4 Å². The number of nitrogens with one attached hydrogen (secondary N) is 1. The summed E-state index contributed by atoms with van der Waals surface area (Å²) >= 11 is 0. The molecule has 0 fully saturated rings. The van der Waals surface area contributed by atoms with E-state index in [0.717, 1.165) is 23.6 Å². The van der Waals surface area contributed by atoms with Crippen LogP contribution >= 0.6 is 0 Å². The first-order valence-electron chi connectivity index (χ1n) is 9.46. The van der Waals surface area contributed by atoms with Crippen molar-refractivity contribution in [2.45, 2.75) is 26.4 Å². The summed E-state index contributed by atoms with van der Waals surface area (Å²) in [6.07, 6.45) is 1.67. The third kappa shape index (κ3) is 3.64. The molecule has 0 bridgehead atoms. The minimum absolute atomic E-state index is 0.228. The summed E-state index contributed by atoms with van der Waals surface area (Å²) in [6, 6.07) is 21.4. The molecule has 3 aromatic carbocycles. The molecule has 1 N–H and O–H groups in total. The SMILES string of the molecule is COc1ccc(CNC(C)c2cccc3ccccc23)cc1-c1coc(C)n1. The first-order valence-corrected chi connectivity index (χ1v) is 9.46. The third-order valence-corrected chi connectivity index (χ3v) is 5.06. The quantitative estimate of drug-likeness (QED) is 0.474. The number of rotatable bonds is 6. The molecule has 4 nitrogen and oxygen atoms in total. The van der Waals surface area contributed by atoms with Gasteiger partial charge in [-0.05, 0) is 41.0 Å². The molecule has 28 heavy (non-hydrogen) atoms. The number of hydrogen-bond donors (Lipinski definition) is 1. The van der Waals surface area contributed by atoms with Gasteiger partial charge in [0.1, 0.15) is 17.7 Å². The summed E-state index contributed by atoms with van der Waals surface area (Å²) in [7, 11) is 1.67. The van der Waals surface area contributed by atoms with E-state index in [4.69, 9.17) is 9.15 Å². The molecule has 0 aliphatic carbocycles. The minimum Gasteiger partial charge on any atom is -0.496 e. The maximum absolute atomic E-state index is 5.51. The van der Waals surface area contributed by atoms with Gasteiger partial charge in [-0.1, -0.05) is 48.5 Å². The molecule has 4 rings (SSSR count). The van der Waals surface area contributed by atoms with Crippen LogP contribution in [0.3, 0.4) is 0 Å². The molecule has 0 aliphatic rings. The van der Waals surface area contributed by atoms with Crippen molar-refractivity contribution in [3.8, 4) is 17.0 Å². The number of nitrogens with zero attached hydrogens (tertiary/aromatic N) is 1. The van der Waals surface area contributed by atoms with Crippen molar-refractivity contribution in [1.29, 1.82) is 0 Å². The largest absolute Gasteiger partial charge is 0.496 e. The smallest absolute Gasteiger partial charge is 0.191 e. The maximum atomic E-state index is 5.51. The number of fused-ring (bicyclic) bond motifs is 1. The Morgan fingerprint density at radius 2 is 1.89 bits per heavy atom. The van der Waals surface area contributed by atoms with E-state index in [1.165, 1.54) is 21.9 Å². The maximum Gasteiger partial charge on any atom is 0.191 e. The summed E-state index contributed by atoms with van der Waals surface area (Å²) < 4.78 is 10.9. The zero-order valence-electron chi connectivity index (χ0n) is 16.4. The van der Waals surface area contributed by atoms with Crippen LogP contribution in [0.1, 0.15) is 30.0 Å². The summed E-state index contributed by atoms with van der Waals surface area (Å²) in [5, 5.41) is 6.20. The van der Waals surface area contributed by atoms with Crippen LogP contribution in [-0.4, -0.2) is 12.1 Å². The lowest BCUT2D eigenvalue weighted by Crippen LogP contribution is -2.18.